The van der Waals surface area contributed by atoms with E-state index in [1.54, 1.807) is 0 Å². The van der Waals surface area contributed by atoms with E-state index in [2.05, 4.69) is 10.4 Å². The van der Waals surface area contributed by atoms with Crippen molar-refractivity contribution >= 4 is 5.91 Å². The van der Waals surface area contributed by atoms with E-state index in [0.29, 0.717) is 6.54 Å². The van der Waals surface area contributed by atoms with Gasteiger partial charge in [0.15, 0.2) is 0 Å². The maximum Gasteiger partial charge on any atom is 0.271 e. The minimum atomic E-state index is -0.299. The van der Waals surface area contributed by atoms with Gasteiger partial charge in [0, 0.05) is 24.6 Å². The number of aliphatic hydroxyl groups excluding tert-OH is 1. The molecular formula is C19H23N3O3. The van der Waals surface area contributed by atoms with Gasteiger partial charge in [0.1, 0.15) is 5.69 Å². The maximum atomic E-state index is 12.5. The normalized spacial score (nSPS) is 20.2. The summed E-state index contributed by atoms with van der Waals surface area (Å²) in [5.74, 6) is -0.208. The van der Waals surface area contributed by atoms with Crippen molar-refractivity contribution in [2.24, 2.45) is 5.92 Å². The molecule has 25 heavy (non-hydrogen) atoms. The van der Waals surface area contributed by atoms with Gasteiger partial charge in [-0.1, -0.05) is 43.2 Å². The van der Waals surface area contributed by atoms with Crippen LogP contribution in [0.15, 0.2) is 47.3 Å². The van der Waals surface area contributed by atoms with Gasteiger partial charge < -0.3 is 10.4 Å². The third-order valence-electron chi connectivity index (χ3n) is 4.73. The highest BCUT2D eigenvalue weighted by molar-refractivity contribution is 5.92. The Kier molecular flexibility index (Phi) is 5.60. The number of carbonyl (C=O) groups is 1. The smallest absolute Gasteiger partial charge is 0.271 e. The van der Waals surface area contributed by atoms with E-state index in [1.807, 2.05) is 30.3 Å². The van der Waals surface area contributed by atoms with E-state index in [1.165, 1.54) is 16.8 Å². The minimum Gasteiger partial charge on any atom is -0.396 e. The van der Waals surface area contributed by atoms with E-state index >= 15 is 0 Å². The van der Waals surface area contributed by atoms with Gasteiger partial charge >= 0.3 is 0 Å². The van der Waals surface area contributed by atoms with Crippen LogP contribution in [0.2, 0.25) is 0 Å². The van der Waals surface area contributed by atoms with Crippen LogP contribution in [0.3, 0.4) is 0 Å². The zero-order valence-electron chi connectivity index (χ0n) is 14.1. The molecule has 1 aromatic heterocycles. The third kappa shape index (κ3) is 4.33. The third-order valence-corrected chi connectivity index (χ3v) is 4.73. The molecule has 2 atom stereocenters. The molecule has 6 heteroatoms. The predicted molar refractivity (Wildman–Crippen MR) is 94.3 cm³/mol. The topological polar surface area (TPSA) is 84.2 Å². The Labute approximate surface area is 146 Å². The van der Waals surface area contributed by atoms with E-state index in [-0.39, 0.29) is 35.7 Å². The zero-order chi connectivity index (χ0) is 17.6. The van der Waals surface area contributed by atoms with Gasteiger partial charge in [-0.2, -0.15) is 5.10 Å². The van der Waals surface area contributed by atoms with Crippen LogP contribution in [0.5, 0.6) is 0 Å². The first kappa shape index (κ1) is 17.4. The highest BCUT2D eigenvalue weighted by Crippen LogP contribution is 2.24. The lowest BCUT2D eigenvalue weighted by molar-refractivity contribution is 0.0865. The fraction of sp³-hybridized carbons (Fsp3) is 0.421. The molecule has 1 fully saturated rings. The quantitative estimate of drug-likeness (QED) is 0.865. The van der Waals surface area contributed by atoms with Gasteiger partial charge in [0.2, 0.25) is 0 Å². The van der Waals surface area contributed by atoms with Crippen molar-refractivity contribution in [1.29, 1.82) is 0 Å². The van der Waals surface area contributed by atoms with Crippen molar-refractivity contribution in [2.45, 2.75) is 38.3 Å². The summed E-state index contributed by atoms with van der Waals surface area (Å²) < 4.78 is 1.30. The molecule has 1 amide bonds. The molecule has 1 aliphatic carbocycles. The first-order chi connectivity index (χ1) is 12.2. The SMILES string of the molecule is O=C(NC1CCCCC1CO)c1ccc(=O)n(Cc2ccccc2)n1. The van der Waals surface area contributed by atoms with Crippen LogP contribution in [0, 0.1) is 5.92 Å². The second-order valence-corrected chi connectivity index (χ2v) is 6.51. The summed E-state index contributed by atoms with van der Waals surface area (Å²) in [6.45, 7) is 0.398. The van der Waals surface area contributed by atoms with Gasteiger partial charge in [0.05, 0.1) is 6.54 Å². The summed E-state index contributed by atoms with van der Waals surface area (Å²) in [6.07, 6.45) is 3.91. The molecule has 2 aromatic rings. The summed E-state index contributed by atoms with van der Waals surface area (Å²) in [6, 6.07) is 12.3. The lowest BCUT2D eigenvalue weighted by Crippen LogP contribution is -2.44. The molecule has 0 bridgehead atoms. The number of rotatable bonds is 5. The molecule has 1 saturated carbocycles. The Balaban J connectivity index is 1.74. The largest absolute Gasteiger partial charge is 0.396 e. The van der Waals surface area contributed by atoms with Gasteiger partial charge in [0.25, 0.3) is 11.5 Å². The Morgan fingerprint density at radius 2 is 1.92 bits per heavy atom. The van der Waals surface area contributed by atoms with Gasteiger partial charge in [-0.3, -0.25) is 9.59 Å². The molecular weight excluding hydrogens is 318 g/mol. The second kappa shape index (κ2) is 8.07. The standard InChI is InChI=1S/C19H23N3O3/c23-13-15-8-4-5-9-16(15)20-19(25)17-10-11-18(24)22(21-17)12-14-6-2-1-3-7-14/h1-3,6-7,10-11,15-16,23H,4-5,8-9,12-13H2,(H,20,25). The first-order valence-corrected chi connectivity index (χ1v) is 8.71. The molecule has 2 unspecified atom stereocenters. The van der Waals surface area contributed by atoms with Crippen molar-refractivity contribution in [3.05, 3.63) is 64.1 Å². The van der Waals surface area contributed by atoms with E-state index in [4.69, 9.17) is 0 Å². The Bertz CT molecular complexity index is 773. The molecule has 2 N–H and O–H groups in total. The van der Waals surface area contributed by atoms with Crippen LogP contribution < -0.4 is 10.9 Å². The summed E-state index contributed by atoms with van der Waals surface area (Å²) in [4.78, 5) is 24.5. The highest BCUT2D eigenvalue weighted by atomic mass is 16.3. The van der Waals surface area contributed by atoms with Gasteiger partial charge in [-0.25, -0.2) is 4.68 Å². The van der Waals surface area contributed by atoms with Crippen molar-refractivity contribution in [2.75, 3.05) is 6.61 Å². The fourth-order valence-corrected chi connectivity index (χ4v) is 3.30. The summed E-state index contributed by atoms with van der Waals surface area (Å²) in [5.41, 5.74) is 0.923. The number of hydrogen-bond donors (Lipinski definition) is 2. The molecule has 0 radical (unpaired) electrons. The number of carbonyl (C=O) groups excluding carboxylic acids is 1. The van der Waals surface area contributed by atoms with Gasteiger partial charge in [-0.15, -0.1) is 0 Å². The van der Waals surface area contributed by atoms with Crippen LogP contribution in [0.4, 0.5) is 0 Å². The van der Waals surface area contributed by atoms with E-state index < -0.39 is 0 Å². The summed E-state index contributed by atoms with van der Waals surface area (Å²) in [7, 11) is 0. The summed E-state index contributed by atoms with van der Waals surface area (Å²) >= 11 is 0. The van der Waals surface area contributed by atoms with Crippen LogP contribution >= 0.6 is 0 Å². The number of hydrogen-bond acceptors (Lipinski definition) is 4. The maximum absolute atomic E-state index is 12.5. The Hall–Kier alpha value is -2.47. The zero-order valence-corrected chi connectivity index (χ0v) is 14.1. The number of aliphatic hydroxyl groups is 1. The molecule has 1 aliphatic rings. The van der Waals surface area contributed by atoms with Crippen molar-refractivity contribution in [3.63, 3.8) is 0 Å². The van der Waals surface area contributed by atoms with Gasteiger partial charge in [-0.05, 0) is 24.5 Å². The van der Waals surface area contributed by atoms with Crippen LogP contribution in [0.25, 0.3) is 0 Å². The average Bonchev–Trinajstić information content (AvgIpc) is 2.65. The number of amides is 1. The minimum absolute atomic E-state index is 0.0393. The van der Waals surface area contributed by atoms with Crippen LogP contribution in [-0.2, 0) is 6.54 Å². The fourth-order valence-electron chi connectivity index (χ4n) is 3.30. The van der Waals surface area contributed by atoms with Crippen LogP contribution in [-0.4, -0.2) is 33.4 Å². The first-order valence-electron chi connectivity index (χ1n) is 8.71. The Morgan fingerprint density at radius 3 is 2.68 bits per heavy atom. The number of nitrogens with zero attached hydrogens (tertiary/aromatic N) is 2. The lowest BCUT2D eigenvalue weighted by atomic mass is 9.85. The lowest BCUT2D eigenvalue weighted by Gasteiger charge is -2.30. The molecule has 1 heterocycles. The highest BCUT2D eigenvalue weighted by Gasteiger charge is 2.26. The van der Waals surface area contributed by atoms with E-state index in [0.717, 1.165) is 31.2 Å². The van der Waals surface area contributed by atoms with Crippen molar-refractivity contribution < 1.29 is 9.90 Å². The molecule has 0 saturated heterocycles. The molecule has 6 nitrogen and oxygen atoms in total. The number of aromatic nitrogens is 2. The molecule has 1 aromatic carbocycles. The van der Waals surface area contributed by atoms with Crippen LogP contribution in [0.1, 0.15) is 41.7 Å². The van der Waals surface area contributed by atoms with Crippen molar-refractivity contribution in [3.8, 4) is 0 Å². The summed E-state index contributed by atoms with van der Waals surface area (Å²) in [5, 5.41) is 16.7. The van der Waals surface area contributed by atoms with Crippen molar-refractivity contribution in [1.82, 2.24) is 15.1 Å². The monoisotopic (exact) mass is 341 g/mol. The molecule has 132 valence electrons. The number of benzene rings is 1. The second-order valence-electron chi connectivity index (χ2n) is 6.51. The molecule has 0 aliphatic heterocycles. The molecule has 3 rings (SSSR count). The Morgan fingerprint density at radius 1 is 1.16 bits per heavy atom. The average molecular weight is 341 g/mol. The van der Waals surface area contributed by atoms with E-state index in [9.17, 15) is 14.7 Å². The molecule has 0 spiro atoms. The number of nitrogens with one attached hydrogen (secondary N) is 1. The predicted octanol–water partition coefficient (Wildman–Crippen LogP) is 1.57.